The summed E-state index contributed by atoms with van der Waals surface area (Å²) in [7, 11) is 0. The van der Waals surface area contributed by atoms with Crippen molar-refractivity contribution in [1.29, 1.82) is 0 Å². The molecule has 1 heterocycles. The zero-order valence-corrected chi connectivity index (χ0v) is 8.97. The number of carbonyl (C=O) groups is 2. The van der Waals surface area contributed by atoms with E-state index in [0.717, 1.165) is 6.42 Å². The van der Waals surface area contributed by atoms with Crippen molar-refractivity contribution in [2.24, 2.45) is 17.0 Å². The van der Waals surface area contributed by atoms with E-state index in [0.29, 0.717) is 18.4 Å². The molecule has 2 N–H and O–H groups in total. The number of nitrogens with zero attached hydrogens (tertiary/aromatic N) is 1. The molecule has 1 saturated carbocycles. The Hall–Kier alpha value is -1.59. The van der Waals surface area contributed by atoms with Crippen LogP contribution in [0.2, 0.25) is 0 Å². The fourth-order valence-corrected chi connectivity index (χ4v) is 1.67. The fourth-order valence-electron chi connectivity index (χ4n) is 1.67. The van der Waals surface area contributed by atoms with Crippen molar-refractivity contribution < 1.29 is 19.5 Å². The second kappa shape index (κ2) is 4.11. The Morgan fingerprint density at radius 3 is 2.81 bits per heavy atom. The van der Waals surface area contributed by atoms with Gasteiger partial charge in [0, 0.05) is 13.0 Å². The van der Waals surface area contributed by atoms with Crippen molar-refractivity contribution in [2.45, 2.75) is 25.9 Å². The minimum absolute atomic E-state index is 0.0430. The number of aliphatic carboxylic acids is 1. The highest BCUT2D eigenvalue weighted by Gasteiger charge is 2.35. The maximum absolute atomic E-state index is 11.5. The smallest absolute Gasteiger partial charge is 0.353 e. The molecule has 0 aromatic heterocycles. The molecule has 0 spiro atoms. The first kappa shape index (κ1) is 10.9. The van der Waals surface area contributed by atoms with Gasteiger partial charge in [-0.2, -0.15) is 0 Å². The molecular weight excluding hydrogens is 212 g/mol. The second-order valence-corrected chi connectivity index (χ2v) is 4.36. The molecule has 3 unspecified atom stereocenters. The summed E-state index contributed by atoms with van der Waals surface area (Å²) < 4.78 is 0. The molecule has 2 aliphatic rings. The molecule has 6 nitrogen and oxygen atoms in total. The number of carboxylic acids is 1. The Morgan fingerprint density at radius 1 is 1.62 bits per heavy atom. The number of nitrogens with one attached hydrogen (secondary N) is 1. The van der Waals surface area contributed by atoms with E-state index in [-0.39, 0.29) is 18.0 Å². The Bertz CT molecular complexity index is 353. The lowest BCUT2D eigenvalue weighted by Gasteiger charge is -2.08. The number of carbonyl (C=O) groups excluding carboxylic acids is 1. The van der Waals surface area contributed by atoms with Crippen molar-refractivity contribution >= 4 is 17.6 Å². The van der Waals surface area contributed by atoms with Gasteiger partial charge in [-0.1, -0.05) is 12.1 Å². The van der Waals surface area contributed by atoms with Gasteiger partial charge in [-0.05, 0) is 18.3 Å². The molecule has 2 rings (SSSR count). The Balaban J connectivity index is 1.73. The maximum atomic E-state index is 11.5. The summed E-state index contributed by atoms with van der Waals surface area (Å²) in [5.41, 5.74) is -0.0973. The molecular formula is C10H14N2O4. The average Bonchev–Trinajstić information content (AvgIpc) is 2.78. The Kier molecular flexibility index (Phi) is 2.80. The molecule has 1 amide bonds. The third-order valence-corrected chi connectivity index (χ3v) is 3.02. The molecule has 1 aliphatic carbocycles. The first-order valence-corrected chi connectivity index (χ1v) is 5.31. The molecule has 0 aromatic carbocycles. The van der Waals surface area contributed by atoms with Crippen LogP contribution in [0.1, 0.15) is 19.8 Å². The number of hydrogen-bond acceptors (Lipinski definition) is 4. The number of carboxylic acid groups (broad SMARTS) is 1. The highest BCUT2D eigenvalue weighted by molar-refractivity contribution is 6.36. The maximum Gasteiger partial charge on any atom is 0.353 e. The fraction of sp³-hybridized carbons (Fsp3) is 0.700. The van der Waals surface area contributed by atoms with E-state index in [2.05, 4.69) is 17.4 Å². The number of hydrogen-bond donors (Lipinski definition) is 2. The van der Waals surface area contributed by atoms with Crippen molar-refractivity contribution in [3.8, 4) is 0 Å². The van der Waals surface area contributed by atoms with Gasteiger partial charge in [-0.25, -0.2) is 4.79 Å². The zero-order valence-electron chi connectivity index (χ0n) is 8.97. The van der Waals surface area contributed by atoms with Crippen LogP contribution in [-0.2, 0) is 14.4 Å². The quantitative estimate of drug-likeness (QED) is 0.705. The van der Waals surface area contributed by atoms with Gasteiger partial charge in [0.25, 0.3) is 5.91 Å². The van der Waals surface area contributed by atoms with Gasteiger partial charge in [0.15, 0.2) is 5.71 Å². The van der Waals surface area contributed by atoms with E-state index >= 15 is 0 Å². The molecule has 6 heteroatoms. The normalized spacial score (nSPS) is 31.6. The SMILES string of the molecule is CC1CC1CNC(=O)C1CC(C(=O)O)=NO1. The predicted molar refractivity (Wildman–Crippen MR) is 54.8 cm³/mol. The minimum atomic E-state index is -1.13. The number of rotatable bonds is 4. The van der Waals surface area contributed by atoms with Crippen LogP contribution >= 0.6 is 0 Å². The molecule has 3 atom stereocenters. The van der Waals surface area contributed by atoms with Gasteiger partial charge in [0.1, 0.15) is 0 Å². The first-order chi connectivity index (χ1) is 7.58. The van der Waals surface area contributed by atoms with Crippen LogP contribution < -0.4 is 5.32 Å². The van der Waals surface area contributed by atoms with Gasteiger partial charge in [0.05, 0.1) is 0 Å². The van der Waals surface area contributed by atoms with Gasteiger partial charge in [-0.15, -0.1) is 0 Å². The number of oxime groups is 1. The van der Waals surface area contributed by atoms with Crippen LogP contribution in [0.4, 0.5) is 0 Å². The third-order valence-electron chi connectivity index (χ3n) is 3.02. The van der Waals surface area contributed by atoms with Crippen molar-refractivity contribution in [3.05, 3.63) is 0 Å². The van der Waals surface area contributed by atoms with Crippen LogP contribution in [-0.4, -0.2) is 35.3 Å². The van der Waals surface area contributed by atoms with Gasteiger partial charge in [0.2, 0.25) is 6.10 Å². The minimum Gasteiger partial charge on any atom is -0.477 e. The van der Waals surface area contributed by atoms with Gasteiger partial charge >= 0.3 is 5.97 Å². The summed E-state index contributed by atoms with van der Waals surface area (Å²) in [4.78, 5) is 26.9. The average molecular weight is 226 g/mol. The molecule has 0 saturated heterocycles. The molecule has 0 bridgehead atoms. The standard InChI is InChI=1S/C10H14N2O4/c1-5-2-6(5)4-11-9(13)8-3-7(10(14)15)12-16-8/h5-6,8H,2-4H2,1H3,(H,11,13)(H,14,15). The largest absolute Gasteiger partial charge is 0.477 e. The molecule has 0 aromatic rings. The first-order valence-electron chi connectivity index (χ1n) is 5.31. The van der Waals surface area contributed by atoms with Crippen LogP contribution in [0.25, 0.3) is 0 Å². The highest BCUT2D eigenvalue weighted by Crippen LogP contribution is 2.36. The monoisotopic (exact) mass is 226 g/mol. The van der Waals surface area contributed by atoms with Crippen LogP contribution in [0.5, 0.6) is 0 Å². The summed E-state index contributed by atoms with van der Waals surface area (Å²) in [5.74, 6) is -0.175. The lowest BCUT2D eigenvalue weighted by Crippen LogP contribution is -2.36. The van der Waals surface area contributed by atoms with Crippen molar-refractivity contribution in [2.75, 3.05) is 6.54 Å². The molecule has 1 fully saturated rings. The van der Waals surface area contributed by atoms with Crippen LogP contribution in [0.15, 0.2) is 5.16 Å². The summed E-state index contributed by atoms with van der Waals surface area (Å²) in [6.45, 7) is 2.77. The summed E-state index contributed by atoms with van der Waals surface area (Å²) in [6.07, 6.45) is 0.407. The molecule has 1 aliphatic heterocycles. The van der Waals surface area contributed by atoms with Crippen molar-refractivity contribution in [1.82, 2.24) is 5.32 Å². The van der Waals surface area contributed by atoms with Crippen molar-refractivity contribution in [3.63, 3.8) is 0 Å². The van der Waals surface area contributed by atoms with Gasteiger partial charge < -0.3 is 15.3 Å². The zero-order chi connectivity index (χ0) is 11.7. The van der Waals surface area contributed by atoms with E-state index in [1.807, 2.05) is 0 Å². The second-order valence-electron chi connectivity index (χ2n) is 4.36. The predicted octanol–water partition coefficient (Wildman–Crippen LogP) is -0.0119. The van der Waals surface area contributed by atoms with Crippen LogP contribution in [0.3, 0.4) is 0 Å². The van der Waals surface area contributed by atoms with Gasteiger partial charge in [-0.3, -0.25) is 4.79 Å². The molecule has 88 valence electrons. The Labute approximate surface area is 92.6 Å². The van der Waals surface area contributed by atoms with Crippen LogP contribution in [0, 0.1) is 11.8 Å². The lowest BCUT2D eigenvalue weighted by molar-refractivity contribution is -0.131. The van der Waals surface area contributed by atoms with E-state index in [4.69, 9.17) is 9.94 Å². The highest BCUT2D eigenvalue weighted by atomic mass is 16.6. The Morgan fingerprint density at radius 2 is 2.31 bits per heavy atom. The lowest BCUT2D eigenvalue weighted by atomic mass is 10.1. The van der Waals surface area contributed by atoms with E-state index in [1.54, 1.807) is 0 Å². The topological polar surface area (TPSA) is 88.0 Å². The molecule has 16 heavy (non-hydrogen) atoms. The number of amides is 1. The summed E-state index contributed by atoms with van der Waals surface area (Å²) >= 11 is 0. The summed E-state index contributed by atoms with van der Waals surface area (Å²) in [5, 5.41) is 14.7. The molecule has 0 radical (unpaired) electrons. The van der Waals surface area contributed by atoms with E-state index in [9.17, 15) is 9.59 Å². The third kappa shape index (κ3) is 2.32. The summed E-state index contributed by atoms with van der Waals surface area (Å²) in [6, 6.07) is 0. The van der Waals surface area contributed by atoms with E-state index < -0.39 is 12.1 Å². The van der Waals surface area contributed by atoms with E-state index in [1.165, 1.54) is 0 Å².